The van der Waals surface area contributed by atoms with Crippen LogP contribution < -0.4 is 4.74 Å². The lowest BCUT2D eigenvalue weighted by Crippen LogP contribution is -1.98. The predicted octanol–water partition coefficient (Wildman–Crippen LogP) is 3.07. The highest BCUT2D eigenvalue weighted by Gasteiger charge is 2.01. The zero-order valence-corrected chi connectivity index (χ0v) is 9.53. The molecular weight excluding hydrogens is 200 g/mol. The summed E-state index contributed by atoms with van der Waals surface area (Å²) in [6.45, 7) is 2.87. The number of hydrogen-bond donors (Lipinski definition) is 0. The van der Waals surface area contributed by atoms with E-state index in [2.05, 4.69) is 12.8 Å². The Kier molecular flexibility index (Phi) is 5.15. The van der Waals surface area contributed by atoms with Gasteiger partial charge in [0.1, 0.15) is 5.75 Å². The number of rotatable bonds is 6. The minimum Gasteiger partial charge on any atom is -0.494 e. The van der Waals surface area contributed by atoms with Crippen molar-refractivity contribution in [3.05, 3.63) is 29.8 Å². The van der Waals surface area contributed by atoms with Crippen molar-refractivity contribution in [1.82, 2.24) is 0 Å². The van der Waals surface area contributed by atoms with E-state index in [0.29, 0.717) is 5.56 Å². The maximum atomic E-state index is 11.1. The van der Waals surface area contributed by atoms with Gasteiger partial charge in [-0.05, 0) is 36.6 Å². The summed E-state index contributed by atoms with van der Waals surface area (Å²) in [5.41, 5.74) is 0.531. The molecule has 0 N–H and O–H groups in total. The Morgan fingerprint density at radius 2 is 2.00 bits per heavy atom. The summed E-state index contributed by atoms with van der Waals surface area (Å²) in [5, 5.41) is 0. The normalized spacial score (nSPS) is 9.50. The van der Waals surface area contributed by atoms with Crippen LogP contribution in [0.4, 0.5) is 0 Å². The largest absolute Gasteiger partial charge is 0.494 e. The number of hydrogen-bond acceptors (Lipinski definition) is 2. The summed E-state index contributed by atoms with van der Waals surface area (Å²) < 4.78 is 5.51. The molecule has 1 aromatic rings. The average Bonchev–Trinajstić information content (AvgIpc) is 2.34. The topological polar surface area (TPSA) is 26.3 Å². The third-order valence-corrected chi connectivity index (χ3v) is 2.26. The van der Waals surface area contributed by atoms with Crippen LogP contribution in [-0.2, 0) is 0 Å². The first kappa shape index (κ1) is 12.3. The minimum absolute atomic E-state index is 0.294. The van der Waals surface area contributed by atoms with Crippen LogP contribution >= 0.6 is 0 Å². The maximum absolute atomic E-state index is 11.1. The van der Waals surface area contributed by atoms with Crippen molar-refractivity contribution >= 4 is 5.78 Å². The molecule has 0 aliphatic rings. The third-order valence-electron chi connectivity index (χ3n) is 2.26. The van der Waals surface area contributed by atoms with Crippen molar-refractivity contribution in [1.29, 1.82) is 0 Å². The minimum atomic E-state index is -0.294. The maximum Gasteiger partial charge on any atom is 0.235 e. The van der Waals surface area contributed by atoms with Crippen LogP contribution in [0.15, 0.2) is 24.3 Å². The van der Waals surface area contributed by atoms with Gasteiger partial charge in [0.15, 0.2) is 0 Å². The highest BCUT2D eigenvalue weighted by atomic mass is 16.5. The van der Waals surface area contributed by atoms with Crippen LogP contribution in [-0.4, -0.2) is 12.4 Å². The van der Waals surface area contributed by atoms with E-state index in [0.717, 1.165) is 18.8 Å². The van der Waals surface area contributed by atoms with Crippen molar-refractivity contribution in [2.45, 2.75) is 26.2 Å². The third kappa shape index (κ3) is 3.78. The van der Waals surface area contributed by atoms with E-state index in [-0.39, 0.29) is 5.78 Å². The molecule has 2 nitrogen and oxygen atoms in total. The summed E-state index contributed by atoms with van der Waals surface area (Å²) >= 11 is 0. The van der Waals surface area contributed by atoms with Gasteiger partial charge in [0.25, 0.3) is 0 Å². The molecule has 1 aromatic carbocycles. The summed E-state index contributed by atoms with van der Waals surface area (Å²) in [7, 11) is 0. The van der Waals surface area contributed by atoms with E-state index in [1.165, 1.54) is 12.8 Å². The van der Waals surface area contributed by atoms with E-state index >= 15 is 0 Å². The van der Waals surface area contributed by atoms with Crippen LogP contribution in [0.1, 0.15) is 36.5 Å². The first-order valence-corrected chi connectivity index (χ1v) is 5.51. The Hall–Kier alpha value is -1.75. The van der Waals surface area contributed by atoms with Crippen LogP contribution in [0.25, 0.3) is 0 Å². The van der Waals surface area contributed by atoms with Gasteiger partial charge in [-0.1, -0.05) is 19.8 Å². The zero-order chi connectivity index (χ0) is 11.8. The monoisotopic (exact) mass is 216 g/mol. The second-order valence-electron chi connectivity index (χ2n) is 3.55. The van der Waals surface area contributed by atoms with E-state index in [4.69, 9.17) is 11.2 Å². The number of unbranched alkanes of at least 4 members (excludes halogenated alkanes) is 2. The molecule has 0 fully saturated rings. The SMILES string of the molecule is C#CC(=O)c1ccc(OCCCCC)cc1. The second-order valence-corrected chi connectivity index (χ2v) is 3.55. The van der Waals surface area contributed by atoms with Crippen LogP contribution in [0.3, 0.4) is 0 Å². The average molecular weight is 216 g/mol. The van der Waals surface area contributed by atoms with Crippen LogP contribution in [0, 0.1) is 12.3 Å². The molecule has 0 aromatic heterocycles. The van der Waals surface area contributed by atoms with Gasteiger partial charge in [-0.25, -0.2) is 0 Å². The summed E-state index contributed by atoms with van der Waals surface area (Å²) in [6.07, 6.45) is 8.44. The van der Waals surface area contributed by atoms with E-state index in [1.54, 1.807) is 24.3 Å². The lowest BCUT2D eigenvalue weighted by atomic mass is 10.1. The van der Waals surface area contributed by atoms with Gasteiger partial charge < -0.3 is 4.74 Å². The van der Waals surface area contributed by atoms with Crippen LogP contribution in [0.5, 0.6) is 5.75 Å². The van der Waals surface area contributed by atoms with Gasteiger partial charge in [-0.15, -0.1) is 6.42 Å². The summed E-state index contributed by atoms with van der Waals surface area (Å²) in [5.74, 6) is 2.57. The Labute approximate surface area is 96.6 Å². The van der Waals surface area contributed by atoms with Gasteiger partial charge in [0.2, 0.25) is 5.78 Å². The summed E-state index contributed by atoms with van der Waals surface area (Å²) in [4.78, 5) is 11.1. The molecule has 2 heteroatoms. The quantitative estimate of drug-likeness (QED) is 0.316. The van der Waals surface area contributed by atoms with Crippen molar-refractivity contribution in [3.63, 3.8) is 0 Å². The van der Waals surface area contributed by atoms with Gasteiger partial charge in [0.05, 0.1) is 6.61 Å². The van der Waals surface area contributed by atoms with E-state index < -0.39 is 0 Å². The van der Waals surface area contributed by atoms with Crippen molar-refractivity contribution in [3.8, 4) is 18.1 Å². The standard InChI is InChI=1S/C14H16O2/c1-3-5-6-11-16-13-9-7-12(8-10-13)14(15)4-2/h2,7-10H,3,5-6,11H2,1H3. The number of ketones is 1. The molecular formula is C14H16O2. The number of carbonyl (C=O) groups is 1. The highest BCUT2D eigenvalue weighted by molar-refractivity contribution is 6.08. The molecule has 0 spiro atoms. The highest BCUT2D eigenvalue weighted by Crippen LogP contribution is 2.13. The molecule has 0 bridgehead atoms. The Morgan fingerprint density at radius 3 is 2.56 bits per heavy atom. The first-order valence-electron chi connectivity index (χ1n) is 5.51. The van der Waals surface area contributed by atoms with Crippen molar-refractivity contribution < 1.29 is 9.53 Å². The first-order chi connectivity index (χ1) is 7.77. The molecule has 0 saturated heterocycles. The van der Waals surface area contributed by atoms with Gasteiger partial charge >= 0.3 is 0 Å². The fourth-order valence-electron chi connectivity index (χ4n) is 1.33. The molecule has 0 radical (unpaired) electrons. The fraction of sp³-hybridized carbons (Fsp3) is 0.357. The number of benzene rings is 1. The van der Waals surface area contributed by atoms with Gasteiger partial charge in [-0.2, -0.15) is 0 Å². The lowest BCUT2D eigenvalue weighted by Gasteiger charge is -2.05. The molecule has 84 valence electrons. The Bertz CT molecular complexity index is 371. The molecule has 16 heavy (non-hydrogen) atoms. The molecule has 0 unspecified atom stereocenters. The molecule has 0 aliphatic heterocycles. The molecule has 0 aliphatic carbocycles. The predicted molar refractivity (Wildman–Crippen MR) is 64.6 cm³/mol. The lowest BCUT2D eigenvalue weighted by molar-refractivity contribution is 0.105. The number of Topliss-reactive ketones (excluding diaryl/α,β-unsaturated/α-hetero) is 1. The zero-order valence-electron chi connectivity index (χ0n) is 9.53. The number of carbonyl (C=O) groups excluding carboxylic acids is 1. The van der Waals surface area contributed by atoms with Crippen molar-refractivity contribution in [2.24, 2.45) is 0 Å². The van der Waals surface area contributed by atoms with Crippen molar-refractivity contribution in [2.75, 3.05) is 6.61 Å². The molecule has 0 heterocycles. The fourth-order valence-corrected chi connectivity index (χ4v) is 1.33. The number of terminal acetylenes is 1. The van der Waals surface area contributed by atoms with E-state index in [9.17, 15) is 4.79 Å². The smallest absolute Gasteiger partial charge is 0.235 e. The second kappa shape index (κ2) is 6.68. The molecule has 0 atom stereocenters. The molecule has 1 rings (SSSR count). The van der Waals surface area contributed by atoms with Gasteiger partial charge in [-0.3, -0.25) is 4.79 Å². The Balaban J connectivity index is 2.46. The number of ether oxygens (including phenoxy) is 1. The Morgan fingerprint density at radius 1 is 1.31 bits per heavy atom. The molecule has 0 amide bonds. The molecule has 0 saturated carbocycles. The van der Waals surface area contributed by atoms with Crippen LogP contribution in [0.2, 0.25) is 0 Å². The van der Waals surface area contributed by atoms with E-state index in [1.807, 2.05) is 0 Å². The summed E-state index contributed by atoms with van der Waals surface area (Å²) in [6, 6.07) is 6.93. The van der Waals surface area contributed by atoms with Gasteiger partial charge in [0, 0.05) is 5.56 Å².